The number of anilines is 1. The third kappa shape index (κ3) is 4.33. The first-order chi connectivity index (χ1) is 14.0. The number of fused-ring (bicyclic) bond motifs is 3. The van der Waals surface area contributed by atoms with Crippen LogP contribution in [0.1, 0.15) is 0 Å². The number of morpholine rings is 1. The number of rotatable bonds is 5. The Morgan fingerprint density at radius 3 is 2.83 bits per heavy atom. The average Bonchev–Trinajstić information content (AvgIpc) is 3.05. The molecule has 8 nitrogen and oxygen atoms in total. The van der Waals surface area contributed by atoms with E-state index in [2.05, 4.69) is 5.32 Å². The number of furan rings is 1. The van der Waals surface area contributed by atoms with Crippen molar-refractivity contribution in [2.45, 2.75) is 6.10 Å². The molecule has 0 bridgehead atoms. The summed E-state index contributed by atoms with van der Waals surface area (Å²) in [6.45, 7) is 1.69. The lowest BCUT2D eigenvalue weighted by Crippen LogP contribution is -2.50. The van der Waals surface area contributed by atoms with E-state index >= 15 is 0 Å². The van der Waals surface area contributed by atoms with Crippen molar-refractivity contribution in [1.82, 2.24) is 9.80 Å². The zero-order valence-electron chi connectivity index (χ0n) is 16.1. The molecule has 1 aromatic heterocycles. The lowest BCUT2D eigenvalue weighted by molar-refractivity contribution is -0.138. The van der Waals surface area contributed by atoms with Gasteiger partial charge in [-0.05, 0) is 25.2 Å². The highest BCUT2D eigenvalue weighted by molar-refractivity contribution is 6.06. The van der Waals surface area contributed by atoms with Crippen LogP contribution >= 0.6 is 0 Å². The Kier molecular flexibility index (Phi) is 5.37. The molecular formula is C21H23N3O5. The van der Waals surface area contributed by atoms with Crippen molar-refractivity contribution in [2.75, 3.05) is 45.2 Å². The summed E-state index contributed by atoms with van der Waals surface area (Å²) in [5, 5.41) is 13.8. The van der Waals surface area contributed by atoms with Crippen LogP contribution in [0.15, 0.2) is 46.9 Å². The Balaban J connectivity index is 1.41. The molecule has 152 valence electrons. The number of likely N-dealkylation sites (N-methyl/N-ethyl adjacent to an activating group) is 1. The second-order valence-corrected chi connectivity index (χ2v) is 7.27. The maximum absolute atomic E-state index is 12.7. The predicted molar refractivity (Wildman–Crippen MR) is 109 cm³/mol. The highest BCUT2D eigenvalue weighted by Crippen LogP contribution is 2.30. The summed E-state index contributed by atoms with van der Waals surface area (Å²) in [6, 6.07) is 13.2. The van der Waals surface area contributed by atoms with Crippen LogP contribution in [0.25, 0.3) is 21.9 Å². The minimum atomic E-state index is -0.890. The van der Waals surface area contributed by atoms with Crippen LogP contribution in [0.4, 0.5) is 10.5 Å². The zero-order chi connectivity index (χ0) is 20.4. The number of carbonyl (C=O) groups is 2. The standard InChI is InChI=1S/C21H23N3O5/c1-23(13-20(25)26)11-15-12-24(8-9-28-15)21(27)22-14-6-7-17-16-4-2-3-5-18(16)29-19(17)10-14/h2-7,10,15H,8-9,11-13H2,1H3,(H,22,27)(H,25,26). The summed E-state index contributed by atoms with van der Waals surface area (Å²) in [5.74, 6) is -0.890. The molecule has 29 heavy (non-hydrogen) atoms. The Labute approximate surface area is 167 Å². The number of nitrogens with zero attached hydrogens (tertiary/aromatic N) is 2. The molecule has 1 saturated heterocycles. The van der Waals surface area contributed by atoms with E-state index in [-0.39, 0.29) is 18.7 Å². The number of urea groups is 1. The van der Waals surface area contributed by atoms with Gasteiger partial charge in [-0.2, -0.15) is 0 Å². The number of carboxylic acids is 1. The minimum absolute atomic E-state index is 0.0659. The molecule has 0 radical (unpaired) electrons. The topological polar surface area (TPSA) is 95.3 Å². The molecule has 8 heteroatoms. The Bertz CT molecular complexity index is 1050. The molecular weight excluding hydrogens is 374 g/mol. The molecule has 1 fully saturated rings. The number of benzene rings is 2. The molecule has 0 aliphatic carbocycles. The van der Waals surface area contributed by atoms with Gasteiger partial charge in [0.05, 0.1) is 19.3 Å². The Morgan fingerprint density at radius 1 is 1.21 bits per heavy atom. The van der Waals surface area contributed by atoms with E-state index in [4.69, 9.17) is 14.3 Å². The summed E-state index contributed by atoms with van der Waals surface area (Å²) in [5.41, 5.74) is 2.19. The van der Waals surface area contributed by atoms with Crippen LogP contribution < -0.4 is 5.32 Å². The fourth-order valence-corrected chi connectivity index (χ4v) is 3.66. The lowest BCUT2D eigenvalue weighted by atomic mass is 10.1. The number of para-hydroxylation sites is 1. The normalized spacial score (nSPS) is 17.2. The molecule has 2 N–H and O–H groups in total. The first kappa shape index (κ1) is 19.2. The number of carbonyl (C=O) groups excluding carboxylic acids is 1. The van der Waals surface area contributed by atoms with Gasteiger partial charge in [0.25, 0.3) is 0 Å². The molecule has 2 amide bonds. The SMILES string of the molecule is CN(CC(=O)O)CC1CN(C(=O)Nc2ccc3c(c2)oc2ccccc23)CCO1. The van der Waals surface area contributed by atoms with Crippen LogP contribution in [0, 0.1) is 0 Å². The van der Waals surface area contributed by atoms with E-state index < -0.39 is 5.97 Å². The van der Waals surface area contributed by atoms with Crippen LogP contribution in [0.2, 0.25) is 0 Å². The van der Waals surface area contributed by atoms with Crippen molar-refractivity contribution in [3.05, 3.63) is 42.5 Å². The first-order valence-electron chi connectivity index (χ1n) is 9.49. The van der Waals surface area contributed by atoms with Crippen molar-refractivity contribution in [3.8, 4) is 0 Å². The second kappa shape index (κ2) is 8.10. The van der Waals surface area contributed by atoms with Crippen molar-refractivity contribution < 1.29 is 23.8 Å². The quantitative estimate of drug-likeness (QED) is 0.687. The number of hydrogen-bond donors (Lipinski definition) is 2. The second-order valence-electron chi connectivity index (χ2n) is 7.27. The summed E-state index contributed by atoms with van der Waals surface area (Å²) < 4.78 is 11.6. The molecule has 2 aromatic carbocycles. The number of hydrogen-bond acceptors (Lipinski definition) is 5. The molecule has 0 saturated carbocycles. The predicted octanol–water partition coefficient (Wildman–Crippen LogP) is 2.84. The molecule has 3 aromatic rings. The van der Waals surface area contributed by atoms with Gasteiger partial charge in [-0.3, -0.25) is 9.69 Å². The van der Waals surface area contributed by atoms with Crippen LogP contribution in [0.5, 0.6) is 0 Å². The van der Waals surface area contributed by atoms with Crippen LogP contribution in [-0.2, 0) is 9.53 Å². The summed E-state index contributed by atoms with van der Waals surface area (Å²) in [6.07, 6.45) is -0.225. The van der Waals surface area contributed by atoms with Crippen molar-refractivity contribution >= 4 is 39.6 Å². The molecule has 2 heterocycles. The molecule has 1 atom stereocenters. The smallest absolute Gasteiger partial charge is 0.322 e. The van der Waals surface area contributed by atoms with E-state index in [1.54, 1.807) is 16.8 Å². The monoisotopic (exact) mass is 397 g/mol. The van der Waals surface area contributed by atoms with Gasteiger partial charge >= 0.3 is 12.0 Å². The maximum Gasteiger partial charge on any atom is 0.322 e. The molecule has 1 aliphatic heterocycles. The summed E-state index contributed by atoms with van der Waals surface area (Å²) >= 11 is 0. The van der Waals surface area contributed by atoms with Gasteiger partial charge in [0.2, 0.25) is 0 Å². The third-order valence-electron chi connectivity index (χ3n) is 4.98. The minimum Gasteiger partial charge on any atom is -0.480 e. The van der Waals surface area contributed by atoms with Gasteiger partial charge in [0.1, 0.15) is 11.2 Å². The van der Waals surface area contributed by atoms with Gasteiger partial charge < -0.3 is 24.5 Å². The van der Waals surface area contributed by atoms with Gasteiger partial charge in [0.15, 0.2) is 0 Å². The van der Waals surface area contributed by atoms with Gasteiger partial charge in [-0.25, -0.2) is 4.79 Å². The van der Waals surface area contributed by atoms with Crippen molar-refractivity contribution in [2.24, 2.45) is 0 Å². The van der Waals surface area contributed by atoms with Crippen molar-refractivity contribution in [3.63, 3.8) is 0 Å². The van der Waals surface area contributed by atoms with E-state index in [1.807, 2.05) is 42.5 Å². The number of nitrogens with one attached hydrogen (secondary N) is 1. The molecule has 1 aliphatic rings. The van der Waals surface area contributed by atoms with E-state index in [1.165, 1.54) is 0 Å². The highest BCUT2D eigenvalue weighted by Gasteiger charge is 2.25. The first-order valence-corrected chi connectivity index (χ1v) is 9.49. The highest BCUT2D eigenvalue weighted by atomic mass is 16.5. The average molecular weight is 397 g/mol. The summed E-state index contributed by atoms with van der Waals surface area (Å²) in [7, 11) is 1.72. The molecule has 0 spiro atoms. The maximum atomic E-state index is 12.7. The summed E-state index contributed by atoms with van der Waals surface area (Å²) in [4.78, 5) is 26.9. The number of ether oxygens (including phenoxy) is 1. The molecule has 1 unspecified atom stereocenters. The van der Waals surface area contributed by atoms with Gasteiger partial charge in [-0.15, -0.1) is 0 Å². The fraction of sp³-hybridized carbons (Fsp3) is 0.333. The fourth-order valence-electron chi connectivity index (χ4n) is 3.66. The number of aliphatic carboxylic acids is 1. The third-order valence-corrected chi connectivity index (χ3v) is 4.98. The van der Waals surface area contributed by atoms with E-state index in [0.717, 1.165) is 21.9 Å². The zero-order valence-corrected chi connectivity index (χ0v) is 16.1. The lowest BCUT2D eigenvalue weighted by Gasteiger charge is -2.34. The van der Waals surface area contributed by atoms with Gasteiger partial charge in [0, 0.05) is 42.2 Å². The Hall–Kier alpha value is -3.10. The molecule has 4 rings (SSSR count). The van der Waals surface area contributed by atoms with E-state index in [9.17, 15) is 9.59 Å². The number of carboxylic acid groups (broad SMARTS) is 1. The van der Waals surface area contributed by atoms with Crippen LogP contribution in [0.3, 0.4) is 0 Å². The van der Waals surface area contributed by atoms with Crippen molar-refractivity contribution in [1.29, 1.82) is 0 Å². The Morgan fingerprint density at radius 2 is 2.00 bits per heavy atom. The largest absolute Gasteiger partial charge is 0.480 e. The van der Waals surface area contributed by atoms with E-state index in [0.29, 0.717) is 31.9 Å². The number of amides is 2. The van der Waals surface area contributed by atoms with Crippen LogP contribution in [-0.4, -0.2) is 72.8 Å². The van der Waals surface area contributed by atoms with Gasteiger partial charge in [-0.1, -0.05) is 18.2 Å².